The van der Waals surface area contributed by atoms with Gasteiger partial charge in [0.15, 0.2) is 15.6 Å². The fraction of sp³-hybridized carbons (Fsp3) is 0.150. The van der Waals surface area contributed by atoms with Gasteiger partial charge in [-0.2, -0.15) is 0 Å². The van der Waals surface area contributed by atoms with Crippen LogP contribution in [0.1, 0.15) is 27.4 Å². The van der Waals surface area contributed by atoms with Crippen LogP contribution < -0.4 is 5.32 Å². The van der Waals surface area contributed by atoms with E-state index in [0.29, 0.717) is 6.54 Å². The molecular formula is C20H19NO4S. The Hall–Kier alpha value is -2.86. The van der Waals surface area contributed by atoms with Crippen molar-refractivity contribution >= 4 is 15.7 Å². The maximum absolute atomic E-state index is 12.4. The zero-order valence-corrected chi connectivity index (χ0v) is 15.1. The van der Waals surface area contributed by atoms with Crippen LogP contribution >= 0.6 is 0 Å². The maximum atomic E-state index is 12.4. The third kappa shape index (κ3) is 4.40. The highest BCUT2D eigenvalue weighted by Gasteiger charge is 2.19. The maximum Gasteiger partial charge on any atom is 0.287 e. The van der Waals surface area contributed by atoms with E-state index in [4.69, 9.17) is 4.42 Å². The molecule has 26 heavy (non-hydrogen) atoms. The Balaban J connectivity index is 1.65. The molecule has 0 saturated heterocycles. The van der Waals surface area contributed by atoms with E-state index in [9.17, 15) is 13.2 Å². The number of aryl methyl sites for hydroxylation is 1. The number of sulfone groups is 1. The second kappa shape index (κ2) is 7.58. The molecule has 0 aliphatic carbocycles. The number of hydrogen-bond donors (Lipinski definition) is 1. The number of nitrogens with one attached hydrogen (secondary N) is 1. The van der Waals surface area contributed by atoms with E-state index in [1.54, 1.807) is 24.3 Å². The summed E-state index contributed by atoms with van der Waals surface area (Å²) >= 11 is 0. The number of carbonyl (C=O) groups is 1. The summed E-state index contributed by atoms with van der Waals surface area (Å²) in [7, 11) is -3.52. The minimum absolute atomic E-state index is 0.0926. The van der Waals surface area contributed by atoms with Crippen molar-refractivity contribution in [2.45, 2.75) is 24.1 Å². The molecule has 0 bridgehead atoms. The Morgan fingerprint density at radius 1 is 0.962 bits per heavy atom. The van der Waals surface area contributed by atoms with Gasteiger partial charge in [0.1, 0.15) is 11.5 Å². The first-order valence-corrected chi connectivity index (χ1v) is 9.79. The van der Waals surface area contributed by atoms with Crippen molar-refractivity contribution in [2.75, 3.05) is 0 Å². The average molecular weight is 369 g/mol. The van der Waals surface area contributed by atoms with Gasteiger partial charge in [0.25, 0.3) is 5.91 Å². The second-order valence-electron chi connectivity index (χ2n) is 6.01. The summed E-state index contributed by atoms with van der Waals surface area (Å²) in [6, 6.07) is 19.1. The molecule has 3 aromatic rings. The summed E-state index contributed by atoms with van der Waals surface area (Å²) in [6.07, 6.45) is 0. The largest absolute Gasteiger partial charge is 0.455 e. The van der Waals surface area contributed by atoms with E-state index in [0.717, 1.165) is 11.1 Å². The Morgan fingerprint density at radius 2 is 1.65 bits per heavy atom. The van der Waals surface area contributed by atoms with Crippen LogP contribution in [0.25, 0.3) is 0 Å². The molecule has 0 aliphatic heterocycles. The molecule has 0 radical (unpaired) electrons. The third-order valence-corrected chi connectivity index (χ3v) is 5.55. The van der Waals surface area contributed by atoms with Gasteiger partial charge in [-0.15, -0.1) is 0 Å². The van der Waals surface area contributed by atoms with Crippen molar-refractivity contribution in [3.63, 3.8) is 0 Å². The molecule has 0 fully saturated rings. The van der Waals surface area contributed by atoms with Crippen molar-refractivity contribution in [1.29, 1.82) is 0 Å². The van der Waals surface area contributed by atoms with Gasteiger partial charge in [-0.3, -0.25) is 4.79 Å². The SMILES string of the molecule is Cc1ccc(S(=O)(=O)Cc2ccc(C(=O)NCc3ccccc3)o2)cc1. The highest BCUT2D eigenvalue weighted by molar-refractivity contribution is 7.90. The topological polar surface area (TPSA) is 76.4 Å². The normalized spacial score (nSPS) is 11.3. The van der Waals surface area contributed by atoms with Crippen molar-refractivity contribution < 1.29 is 17.6 Å². The van der Waals surface area contributed by atoms with E-state index in [-0.39, 0.29) is 28.1 Å². The van der Waals surface area contributed by atoms with Gasteiger partial charge in [0, 0.05) is 6.54 Å². The summed E-state index contributed by atoms with van der Waals surface area (Å²) in [5.41, 5.74) is 1.95. The molecule has 1 aromatic heterocycles. The van der Waals surface area contributed by atoms with Crippen molar-refractivity contribution in [3.05, 3.63) is 89.4 Å². The van der Waals surface area contributed by atoms with Crippen LogP contribution in [0.15, 0.2) is 76.0 Å². The molecule has 0 spiro atoms. The summed E-state index contributed by atoms with van der Waals surface area (Å²) in [5, 5.41) is 2.75. The van der Waals surface area contributed by atoms with Gasteiger partial charge < -0.3 is 9.73 Å². The molecule has 1 N–H and O–H groups in total. The molecule has 134 valence electrons. The lowest BCUT2D eigenvalue weighted by atomic mass is 10.2. The number of hydrogen-bond acceptors (Lipinski definition) is 4. The van der Waals surface area contributed by atoms with Gasteiger partial charge in [0.05, 0.1) is 4.90 Å². The van der Waals surface area contributed by atoms with Crippen molar-refractivity contribution in [1.82, 2.24) is 5.32 Å². The minimum atomic E-state index is -3.52. The standard InChI is InChI=1S/C20H19NO4S/c1-15-7-10-18(11-8-15)26(23,24)14-17-9-12-19(25-17)20(22)21-13-16-5-3-2-4-6-16/h2-12H,13-14H2,1H3,(H,21,22). The lowest BCUT2D eigenvalue weighted by molar-refractivity contribution is 0.0921. The summed E-state index contributed by atoms with van der Waals surface area (Å²) in [5.74, 6) is -0.347. The van der Waals surface area contributed by atoms with E-state index < -0.39 is 9.84 Å². The molecule has 1 heterocycles. The van der Waals surface area contributed by atoms with Gasteiger partial charge >= 0.3 is 0 Å². The van der Waals surface area contributed by atoms with Crippen LogP contribution in [-0.4, -0.2) is 14.3 Å². The molecule has 0 unspecified atom stereocenters. The highest BCUT2D eigenvalue weighted by atomic mass is 32.2. The molecule has 0 aliphatic rings. The summed E-state index contributed by atoms with van der Waals surface area (Å²) in [6.45, 7) is 2.26. The first-order valence-electron chi connectivity index (χ1n) is 8.14. The van der Waals surface area contributed by atoms with Crippen LogP contribution in [0, 0.1) is 6.92 Å². The predicted octanol–water partition coefficient (Wildman–Crippen LogP) is 3.49. The molecule has 3 rings (SSSR count). The van der Waals surface area contributed by atoms with Crippen LogP contribution in [-0.2, 0) is 22.1 Å². The number of rotatable bonds is 6. The van der Waals surface area contributed by atoms with Gasteiger partial charge in [0.2, 0.25) is 0 Å². The molecular weight excluding hydrogens is 350 g/mol. The van der Waals surface area contributed by atoms with Gasteiger partial charge in [-0.05, 0) is 36.8 Å². The van der Waals surface area contributed by atoms with Crippen LogP contribution in [0.2, 0.25) is 0 Å². The summed E-state index contributed by atoms with van der Waals surface area (Å²) in [4.78, 5) is 12.4. The Bertz CT molecular complexity index is 990. The van der Waals surface area contributed by atoms with Crippen LogP contribution in [0.5, 0.6) is 0 Å². The number of amides is 1. The number of carbonyl (C=O) groups excluding carboxylic acids is 1. The fourth-order valence-corrected chi connectivity index (χ4v) is 3.71. The summed E-state index contributed by atoms with van der Waals surface area (Å²) < 4.78 is 30.3. The van der Waals surface area contributed by atoms with Gasteiger partial charge in [-0.1, -0.05) is 48.0 Å². The third-order valence-electron chi connectivity index (χ3n) is 3.89. The van der Waals surface area contributed by atoms with Crippen molar-refractivity contribution in [2.24, 2.45) is 0 Å². The lowest BCUT2D eigenvalue weighted by Gasteiger charge is -2.04. The van der Waals surface area contributed by atoms with Crippen LogP contribution in [0.4, 0.5) is 0 Å². The van der Waals surface area contributed by atoms with Crippen molar-refractivity contribution in [3.8, 4) is 0 Å². The number of furan rings is 1. The molecule has 0 atom stereocenters. The Kier molecular flexibility index (Phi) is 5.23. The van der Waals surface area contributed by atoms with E-state index in [1.807, 2.05) is 37.3 Å². The molecule has 0 saturated carbocycles. The minimum Gasteiger partial charge on any atom is -0.455 e. The predicted molar refractivity (Wildman–Crippen MR) is 98.4 cm³/mol. The van der Waals surface area contributed by atoms with E-state index >= 15 is 0 Å². The molecule has 2 aromatic carbocycles. The smallest absolute Gasteiger partial charge is 0.287 e. The van der Waals surface area contributed by atoms with Gasteiger partial charge in [-0.25, -0.2) is 8.42 Å². The molecule has 5 nitrogen and oxygen atoms in total. The molecule has 6 heteroatoms. The molecule has 1 amide bonds. The average Bonchev–Trinajstić information content (AvgIpc) is 3.09. The number of benzene rings is 2. The van der Waals surface area contributed by atoms with E-state index in [1.165, 1.54) is 12.1 Å². The fourth-order valence-electron chi connectivity index (χ4n) is 2.46. The zero-order chi connectivity index (χ0) is 18.6. The first-order chi connectivity index (χ1) is 12.4. The second-order valence-corrected chi connectivity index (χ2v) is 8.00. The van der Waals surface area contributed by atoms with E-state index in [2.05, 4.69) is 5.32 Å². The quantitative estimate of drug-likeness (QED) is 0.722. The Labute approximate surface area is 152 Å². The zero-order valence-electron chi connectivity index (χ0n) is 14.3. The first kappa shape index (κ1) is 17.9. The highest BCUT2D eigenvalue weighted by Crippen LogP contribution is 2.19. The monoisotopic (exact) mass is 369 g/mol. The lowest BCUT2D eigenvalue weighted by Crippen LogP contribution is -2.22. The van der Waals surface area contributed by atoms with Crippen LogP contribution in [0.3, 0.4) is 0 Å². The Morgan fingerprint density at radius 3 is 2.35 bits per heavy atom.